The molecule has 7 heteroatoms. The third kappa shape index (κ3) is 3.71. The van der Waals surface area contributed by atoms with Crippen LogP contribution >= 0.6 is 11.3 Å². The lowest BCUT2D eigenvalue weighted by molar-refractivity contribution is 0.0565. The minimum atomic E-state index is 0.112. The molecule has 0 aliphatic carbocycles. The first kappa shape index (κ1) is 20.8. The molecule has 0 spiro atoms. The molecule has 6 nitrogen and oxygen atoms in total. The number of carbonyl (C=O) groups excluding carboxylic acids is 1. The number of likely N-dealkylation sites (tertiary alicyclic amines) is 1. The number of rotatable bonds is 3. The monoisotopic (exact) mass is 483 g/mol. The molecule has 0 radical (unpaired) electrons. The first-order valence-corrected chi connectivity index (χ1v) is 12.9. The number of para-hydroxylation sites is 1. The number of nitrogens with zero attached hydrogens (tertiary/aromatic N) is 3. The van der Waals surface area contributed by atoms with E-state index in [-0.39, 0.29) is 12.7 Å². The molecule has 3 aliphatic heterocycles. The van der Waals surface area contributed by atoms with Crippen molar-refractivity contribution in [3.8, 4) is 22.6 Å². The Morgan fingerprint density at radius 1 is 0.886 bits per heavy atom. The summed E-state index contributed by atoms with van der Waals surface area (Å²) in [4.78, 5) is 23.2. The summed E-state index contributed by atoms with van der Waals surface area (Å²) in [7, 11) is 0. The van der Waals surface area contributed by atoms with Gasteiger partial charge in [-0.1, -0.05) is 47.7 Å². The first-order chi connectivity index (χ1) is 17.2. The van der Waals surface area contributed by atoms with Gasteiger partial charge in [-0.3, -0.25) is 4.79 Å². The van der Waals surface area contributed by atoms with Crippen molar-refractivity contribution in [2.75, 3.05) is 37.9 Å². The Labute approximate surface area is 207 Å². The maximum atomic E-state index is 13.8. The first-order valence-electron chi connectivity index (χ1n) is 12.1. The molecule has 3 aliphatic rings. The van der Waals surface area contributed by atoms with E-state index in [0.717, 1.165) is 65.0 Å². The van der Waals surface area contributed by atoms with Crippen molar-refractivity contribution in [2.45, 2.75) is 6.42 Å². The summed E-state index contributed by atoms with van der Waals surface area (Å²) < 4.78 is 12.3. The molecule has 2 unspecified atom stereocenters. The maximum absolute atomic E-state index is 13.8. The average Bonchev–Trinajstić information content (AvgIpc) is 3.54. The molecular weight excluding hydrogens is 458 g/mol. The van der Waals surface area contributed by atoms with Gasteiger partial charge in [-0.2, -0.15) is 0 Å². The van der Waals surface area contributed by atoms with E-state index in [4.69, 9.17) is 14.5 Å². The minimum Gasteiger partial charge on any atom is -0.454 e. The molecule has 4 aromatic rings. The molecule has 176 valence electrons. The second kappa shape index (κ2) is 8.27. The highest BCUT2D eigenvalue weighted by molar-refractivity contribution is 7.22. The zero-order valence-electron chi connectivity index (χ0n) is 19.2. The number of hydrogen-bond donors (Lipinski definition) is 0. The van der Waals surface area contributed by atoms with Gasteiger partial charge >= 0.3 is 0 Å². The van der Waals surface area contributed by atoms with Gasteiger partial charge in [0.1, 0.15) is 0 Å². The fraction of sp³-hybridized carbons (Fsp3) is 0.286. The molecule has 2 atom stereocenters. The SMILES string of the molecule is O=C(c1ccccc1-c1ccc2c(c1)OCO2)N1CC2CC(C1)CN(c1nc3ccccc3s1)C2. The van der Waals surface area contributed by atoms with Crippen molar-refractivity contribution in [1.29, 1.82) is 0 Å². The highest BCUT2D eigenvalue weighted by Crippen LogP contribution is 2.39. The largest absolute Gasteiger partial charge is 0.454 e. The number of anilines is 1. The second-order valence-electron chi connectivity index (χ2n) is 9.66. The number of ether oxygens (including phenoxy) is 2. The van der Waals surface area contributed by atoms with Crippen LogP contribution in [-0.2, 0) is 0 Å². The van der Waals surface area contributed by atoms with Crippen LogP contribution in [0.5, 0.6) is 11.5 Å². The van der Waals surface area contributed by atoms with E-state index in [1.807, 2.05) is 48.5 Å². The fourth-order valence-corrected chi connectivity index (χ4v) is 6.74. The quantitative estimate of drug-likeness (QED) is 0.396. The molecule has 0 N–H and O–H groups in total. The summed E-state index contributed by atoms with van der Waals surface area (Å²) in [6.45, 7) is 3.70. The van der Waals surface area contributed by atoms with Gasteiger partial charge < -0.3 is 19.3 Å². The molecule has 35 heavy (non-hydrogen) atoms. The Morgan fingerprint density at radius 3 is 2.51 bits per heavy atom. The number of hydrogen-bond acceptors (Lipinski definition) is 6. The maximum Gasteiger partial charge on any atom is 0.254 e. The Bertz CT molecular complexity index is 1390. The molecule has 2 fully saturated rings. The highest BCUT2D eigenvalue weighted by Gasteiger charge is 2.37. The van der Waals surface area contributed by atoms with E-state index in [1.54, 1.807) is 11.3 Å². The Kier molecular flexibility index (Phi) is 4.91. The Balaban J connectivity index is 1.12. The van der Waals surface area contributed by atoms with Gasteiger partial charge in [-0.15, -0.1) is 0 Å². The zero-order chi connectivity index (χ0) is 23.4. The van der Waals surface area contributed by atoms with Crippen molar-refractivity contribution in [3.63, 3.8) is 0 Å². The molecule has 1 aromatic heterocycles. The smallest absolute Gasteiger partial charge is 0.254 e. The number of aromatic nitrogens is 1. The lowest BCUT2D eigenvalue weighted by Crippen LogP contribution is -2.54. The van der Waals surface area contributed by atoms with Crippen LogP contribution in [-0.4, -0.2) is 48.8 Å². The van der Waals surface area contributed by atoms with E-state index in [2.05, 4.69) is 28.0 Å². The number of piperidine rings is 2. The van der Waals surface area contributed by atoms with Crippen LogP contribution in [0.1, 0.15) is 16.8 Å². The summed E-state index contributed by atoms with van der Waals surface area (Å²) in [6.07, 6.45) is 1.18. The lowest BCUT2D eigenvalue weighted by Gasteiger charge is -2.45. The van der Waals surface area contributed by atoms with Crippen molar-refractivity contribution >= 4 is 32.6 Å². The molecular formula is C28H25N3O3S. The van der Waals surface area contributed by atoms with Crippen LogP contribution in [0.2, 0.25) is 0 Å². The molecule has 7 rings (SSSR count). The van der Waals surface area contributed by atoms with Crippen LogP contribution < -0.4 is 14.4 Å². The standard InChI is InChI=1S/C28H25N3O3S/c32-27(22-6-2-1-5-21(22)20-9-10-24-25(12-20)34-17-33-24)30-13-18-11-19(14-30)16-31(15-18)28-29-23-7-3-4-8-26(23)35-28/h1-10,12,18-19H,11,13-17H2. The van der Waals surface area contributed by atoms with Crippen LogP contribution in [0.25, 0.3) is 21.3 Å². The molecule has 2 saturated heterocycles. The van der Waals surface area contributed by atoms with Crippen molar-refractivity contribution in [3.05, 3.63) is 72.3 Å². The third-order valence-electron chi connectivity index (χ3n) is 7.26. The molecule has 1 amide bonds. The van der Waals surface area contributed by atoms with Gasteiger partial charge in [0, 0.05) is 31.7 Å². The predicted octanol–water partition coefficient (Wildman–Crippen LogP) is 5.29. The minimum absolute atomic E-state index is 0.112. The fourth-order valence-electron chi connectivity index (χ4n) is 5.75. The summed E-state index contributed by atoms with van der Waals surface area (Å²) in [5.41, 5.74) is 3.72. The molecule has 2 bridgehead atoms. The van der Waals surface area contributed by atoms with E-state index < -0.39 is 0 Å². The number of amides is 1. The van der Waals surface area contributed by atoms with Crippen LogP contribution in [0.3, 0.4) is 0 Å². The molecule has 4 heterocycles. The van der Waals surface area contributed by atoms with Gasteiger partial charge in [0.2, 0.25) is 6.79 Å². The normalized spacial score (nSPS) is 20.9. The van der Waals surface area contributed by atoms with Gasteiger partial charge in [0.05, 0.1) is 10.2 Å². The van der Waals surface area contributed by atoms with Crippen molar-refractivity contribution in [1.82, 2.24) is 9.88 Å². The van der Waals surface area contributed by atoms with Gasteiger partial charge in [0.15, 0.2) is 16.6 Å². The summed E-state index contributed by atoms with van der Waals surface area (Å²) in [6, 6.07) is 22.1. The lowest BCUT2D eigenvalue weighted by atomic mass is 9.84. The zero-order valence-corrected chi connectivity index (χ0v) is 20.0. The van der Waals surface area contributed by atoms with E-state index >= 15 is 0 Å². The molecule has 3 aromatic carbocycles. The van der Waals surface area contributed by atoms with Gasteiger partial charge in [-0.25, -0.2) is 4.98 Å². The highest BCUT2D eigenvalue weighted by atomic mass is 32.1. The van der Waals surface area contributed by atoms with Crippen LogP contribution in [0, 0.1) is 11.8 Å². The van der Waals surface area contributed by atoms with E-state index in [0.29, 0.717) is 11.8 Å². The van der Waals surface area contributed by atoms with Crippen LogP contribution in [0.15, 0.2) is 66.7 Å². The number of carbonyl (C=O) groups is 1. The van der Waals surface area contributed by atoms with Crippen molar-refractivity contribution < 1.29 is 14.3 Å². The topological polar surface area (TPSA) is 54.9 Å². The Hall–Kier alpha value is -3.58. The Morgan fingerprint density at radius 2 is 1.66 bits per heavy atom. The van der Waals surface area contributed by atoms with E-state index in [1.165, 1.54) is 11.1 Å². The average molecular weight is 484 g/mol. The number of thiazole rings is 1. The summed E-state index contributed by atoms with van der Waals surface area (Å²) in [5, 5.41) is 1.11. The van der Waals surface area contributed by atoms with Gasteiger partial charge in [-0.05, 0) is 59.7 Å². The van der Waals surface area contributed by atoms with Crippen LogP contribution in [0.4, 0.5) is 5.13 Å². The predicted molar refractivity (Wildman–Crippen MR) is 137 cm³/mol. The van der Waals surface area contributed by atoms with Crippen molar-refractivity contribution in [2.24, 2.45) is 11.8 Å². The third-order valence-corrected chi connectivity index (χ3v) is 8.36. The number of benzene rings is 3. The van der Waals surface area contributed by atoms with Gasteiger partial charge in [0.25, 0.3) is 5.91 Å². The number of fused-ring (bicyclic) bond motifs is 4. The van der Waals surface area contributed by atoms with E-state index in [9.17, 15) is 4.79 Å². The second-order valence-corrected chi connectivity index (χ2v) is 10.7. The molecule has 0 saturated carbocycles. The summed E-state index contributed by atoms with van der Waals surface area (Å²) >= 11 is 1.77. The summed E-state index contributed by atoms with van der Waals surface area (Å²) in [5.74, 6) is 2.50.